The van der Waals surface area contributed by atoms with Crippen molar-refractivity contribution in [2.24, 2.45) is 5.92 Å². The van der Waals surface area contributed by atoms with Crippen LogP contribution < -0.4 is 5.32 Å². The number of likely N-dealkylation sites (N-methyl/N-ethyl adjacent to an activating group) is 1. The molecule has 0 aromatic heterocycles. The fourth-order valence-corrected chi connectivity index (χ4v) is 3.95. The molecule has 0 spiro atoms. The summed E-state index contributed by atoms with van der Waals surface area (Å²) in [5.74, 6) is 0.129. The van der Waals surface area contributed by atoms with E-state index in [-0.39, 0.29) is 11.9 Å². The lowest BCUT2D eigenvalue weighted by atomic mass is 9.91. The summed E-state index contributed by atoms with van der Waals surface area (Å²) in [5.41, 5.74) is 0. The molecule has 0 unspecified atom stereocenters. The van der Waals surface area contributed by atoms with Gasteiger partial charge in [-0.15, -0.1) is 0 Å². The predicted octanol–water partition coefficient (Wildman–Crippen LogP) is -2.23. The van der Waals surface area contributed by atoms with Crippen LogP contribution in [0.15, 0.2) is 0 Å². The van der Waals surface area contributed by atoms with Gasteiger partial charge in [-0.25, -0.2) is 0 Å². The molecule has 9 nitrogen and oxygen atoms in total. The van der Waals surface area contributed by atoms with Crippen LogP contribution in [0.1, 0.15) is 33.1 Å². The first-order chi connectivity index (χ1) is 12.2. The van der Waals surface area contributed by atoms with Crippen LogP contribution >= 0.6 is 0 Å². The van der Waals surface area contributed by atoms with E-state index in [1.54, 1.807) is 0 Å². The van der Waals surface area contributed by atoms with Gasteiger partial charge in [-0.1, -0.05) is 13.3 Å². The standard InChI is InChI=1S/C17H32N2O7/c1-4-5-9-6-10(19(3)7-9)16(24)18-11(8(2)20)15-13(22)12(21)14(23)17(25)26-15/h8-15,17,20-23,25H,4-7H2,1-3H3,(H,18,24)/t8-,9-,10+,11-,12+,13-,14-,15-,17+/m1/s1. The molecule has 2 aliphatic rings. The van der Waals surface area contributed by atoms with Crippen molar-refractivity contribution in [1.29, 1.82) is 0 Å². The molecule has 2 aliphatic heterocycles. The lowest BCUT2D eigenvalue weighted by Crippen LogP contribution is -2.66. The summed E-state index contributed by atoms with van der Waals surface area (Å²) < 4.78 is 5.16. The Morgan fingerprint density at radius 3 is 2.46 bits per heavy atom. The second-order valence-electron chi connectivity index (χ2n) is 7.58. The number of hydrogen-bond acceptors (Lipinski definition) is 8. The van der Waals surface area contributed by atoms with E-state index in [2.05, 4.69) is 12.2 Å². The zero-order chi connectivity index (χ0) is 19.6. The summed E-state index contributed by atoms with van der Waals surface area (Å²) in [6.45, 7) is 4.34. The highest BCUT2D eigenvalue weighted by Gasteiger charge is 2.48. The number of aliphatic hydroxyl groups excluding tert-OH is 5. The fraction of sp³-hybridized carbons (Fsp3) is 0.941. The Labute approximate surface area is 153 Å². The lowest BCUT2D eigenvalue weighted by Gasteiger charge is -2.42. The summed E-state index contributed by atoms with van der Waals surface area (Å²) >= 11 is 0. The minimum atomic E-state index is -1.72. The van der Waals surface area contributed by atoms with Gasteiger partial charge in [-0.05, 0) is 32.7 Å². The summed E-state index contributed by atoms with van der Waals surface area (Å²) in [7, 11) is 1.87. The van der Waals surface area contributed by atoms with Crippen LogP contribution in [0.5, 0.6) is 0 Å². The Bertz CT molecular complexity index is 478. The van der Waals surface area contributed by atoms with Crippen LogP contribution in [0.25, 0.3) is 0 Å². The first-order valence-electron chi connectivity index (χ1n) is 9.23. The molecule has 2 heterocycles. The maximum atomic E-state index is 12.7. The minimum absolute atomic E-state index is 0.303. The summed E-state index contributed by atoms with van der Waals surface area (Å²) in [6, 6.07) is -1.40. The van der Waals surface area contributed by atoms with Crippen LogP contribution in [0.4, 0.5) is 0 Å². The third-order valence-corrected chi connectivity index (χ3v) is 5.44. The maximum absolute atomic E-state index is 12.7. The van der Waals surface area contributed by atoms with Gasteiger partial charge in [0.1, 0.15) is 24.4 Å². The van der Waals surface area contributed by atoms with Crippen LogP contribution in [0.3, 0.4) is 0 Å². The number of amides is 1. The van der Waals surface area contributed by atoms with Crippen LogP contribution in [0, 0.1) is 5.92 Å². The molecule has 2 saturated heterocycles. The zero-order valence-electron chi connectivity index (χ0n) is 15.5. The summed E-state index contributed by atoms with van der Waals surface area (Å²) in [6.07, 6.45) is -6.18. The molecular formula is C17H32N2O7. The number of hydrogen-bond donors (Lipinski definition) is 6. The van der Waals surface area contributed by atoms with Crippen molar-refractivity contribution in [1.82, 2.24) is 10.2 Å². The molecule has 0 saturated carbocycles. The minimum Gasteiger partial charge on any atom is -0.391 e. The highest BCUT2D eigenvalue weighted by Crippen LogP contribution is 2.27. The molecule has 26 heavy (non-hydrogen) atoms. The van der Waals surface area contributed by atoms with E-state index in [1.165, 1.54) is 6.92 Å². The van der Waals surface area contributed by atoms with E-state index in [4.69, 9.17) is 4.74 Å². The number of aliphatic hydroxyl groups is 5. The third-order valence-electron chi connectivity index (χ3n) is 5.44. The van der Waals surface area contributed by atoms with Crippen molar-refractivity contribution in [3.8, 4) is 0 Å². The summed E-state index contributed by atoms with van der Waals surface area (Å²) in [4.78, 5) is 14.7. The van der Waals surface area contributed by atoms with E-state index in [0.717, 1.165) is 19.4 Å². The van der Waals surface area contributed by atoms with Crippen molar-refractivity contribution < 1.29 is 35.1 Å². The SMILES string of the molecule is CCC[C@@H]1C[C@@H](C(=O)N[C@@H]([C@H]2O[C@H](O)[C@H](O)[C@@H](O)[C@H]2O)[C@@H](C)O)N(C)C1. The van der Waals surface area contributed by atoms with E-state index < -0.39 is 42.9 Å². The predicted molar refractivity (Wildman–Crippen MR) is 91.9 cm³/mol. The van der Waals surface area contributed by atoms with Gasteiger partial charge in [0.25, 0.3) is 0 Å². The fourth-order valence-electron chi connectivity index (χ4n) is 3.95. The van der Waals surface area contributed by atoms with Crippen LogP contribution in [-0.4, -0.2) is 98.8 Å². The number of nitrogens with zero attached hydrogens (tertiary/aromatic N) is 1. The molecule has 6 N–H and O–H groups in total. The van der Waals surface area contributed by atoms with Gasteiger partial charge in [0.2, 0.25) is 5.91 Å². The van der Waals surface area contributed by atoms with Gasteiger partial charge in [0.05, 0.1) is 18.2 Å². The lowest BCUT2D eigenvalue weighted by molar-refractivity contribution is -0.289. The van der Waals surface area contributed by atoms with Crippen molar-refractivity contribution in [2.45, 2.75) is 82.0 Å². The topological polar surface area (TPSA) is 143 Å². The molecule has 0 radical (unpaired) electrons. The molecule has 0 bridgehead atoms. The molecular weight excluding hydrogens is 344 g/mol. The Morgan fingerprint density at radius 1 is 1.23 bits per heavy atom. The monoisotopic (exact) mass is 376 g/mol. The third kappa shape index (κ3) is 4.53. The molecule has 9 atom stereocenters. The van der Waals surface area contributed by atoms with E-state index in [0.29, 0.717) is 12.3 Å². The van der Waals surface area contributed by atoms with Gasteiger partial charge in [0, 0.05) is 6.54 Å². The molecule has 9 heteroatoms. The van der Waals surface area contributed by atoms with Crippen LogP contribution in [0.2, 0.25) is 0 Å². The Morgan fingerprint density at radius 2 is 1.88 bits per heavy atom. The number of ether oxygens (including phenoxy) is 1. The van der Waals surface area contributed by atoms with Crippen molar-refractivity contribution in [3.05, 3.63) is 0 Å². The summed E-state index contributed by atoms with van der Waals surface area (Å²) in [5, 5.41) is 52.1. The largest absolute Gasteiger partial charge is 0.391 e. The molecule has 2 rings (SSSR count). The van der Waals surface area contributed by atoms with E-state index in [9.17, 15) is 30.3 Å². The zero-order valence-corrected chi connectivity index (χ0v) is 15.5. The quantitative estimate of drug-likeness (QED) is 0.306. The number of nitrogens with one attached hydrogen (secondary N) is 1. The number of carbonyl (C=O) groups is 1. The highest BCUT2D eigenvalue weighted by molar-refractivity contribution is 5.82. The van der Waals surface area contributed by atoms with Gasteiger partial charge in [-0.2, -0.15) is 0 Å². The molecule has 0 aliphatic carbocycles. The second kappa shape index (κ2) is 8.92. The van der Waals surface area contributed by atoms with E-state index in [1.807, 2.05) is 11.9 Å². The van der Waals surface area contributed by atoms with Crippen LogP contribution in [-0.2, 0) is 9.53 Å². The first-order valence-corrected chi connectivity index (χ1v) is 9.23. The smallest absolute Gasteiger partial charge is 0.237 e. The molecule has 152 valence electrons. The maximum Gasteiger partial charge on any atom is 0.237 e. The van der Waals surface area contributed by atoms with Crippen molar-refractivity contribution >= 4 is 5.91 Å². The average molecular weight is 376 g/mol. The Balaban J connectivity index is 2.07. The molecule has 0 aromatic carbocycles. The highest BCUT2D eigenvalue weighted by atomic mass is 16.6. The first kappa shape index (κ1) is 21.5. The van der Waals surface area contributed by atoms with Gasteiger partial charge >= 0.3 is 0 Å². The van der Waals surface area contributed by atoms with Gasteiger partial charge < -0.3 is 35.6 Å². The Kier molecular flexibility index (Phi) is 7.37. The number of rotatable bonds is 6. The average Bonchev–Trinajstić information content (AvgIpc) is 2.95. The number of likely N-dealkylation sites (tertiary alicyclic amines) is 1. The van der Waals surface area contributed by atoms with Crippen molar-refractivity contribution in [3.63, 3.8) is 0 Å². The van der Waals surface area contributed by atoms with Gasteiger partial charge in [-0.3, -0.25) is 9.69 Å². The van der Waals surface area contributed by atoms with Gasteiger partial charge in [0.15, 0.2) is 6.29 Å². The molecule has 2 fully saturated rings. The Hall–Kier alpha value is -0.810. The molecule has 1 amide bonds. The van der Waals surface area contributed by atoms with Crippen molar-refractivity contribution in [2.75, 3.05) is 13.6 Å². The number of carbonyl (C=O) groups excluding carboxylic acids is 1. The second-order valence-corrected chi connectivity index (χ2v) is 7.58. The molecule has 0 aromatic rings. The normalized spacial score (nSPS) is 41.0. The van der Waals surface area contributed by atoms with E-state index >= 15 is 0 Å².